The molecule has 0 aromatic carbocycles. The monoisotopic (exact) mass is 317 g/mol. The van der Waals surface area contributed by atoms with E-state index in [9.17, 15) is 0 Å². The molecule has 1 N–H and O–H groups in total. The highest BCUT2D eigenvalue weighted by molar-refractivity contribution is 5.85. The largest absolute Gasteiger partial charge is 0.381 e. The molecule has 5 heteroatoms. The molecule has 3 aliphatic rings. The lowest BCUT2D eigenvalue weighted by molar-refractivity contribution is -0.00588. The maximum Gasteiger partial charge on any atom is 0.0480 e. The number of piperazine rings is 1. The number of ether oxygens (including phenoxy) is 1. The number of nitrogens with one attached hydrogen (secondary N) is 1. The number of nitrogens with zero attached hydrogens (tertiary/aromatic N) is 2. The first-order valence-corrected chi connectivity index (χ1v) is 8.59. The highest BCUT2D eigenvalue weighted by atomic mass is 35.5. The molecule has 0 aliphatic carbocycles. The van der Waals surface area contributed by atoms with Crippen molar-refractivity contribution in [2.45, 2.75) is 44.7 Å². The van der Waals surface area contributed by atoms with Crippen LogP contribution in [0.15, 0.2) is 0 Å². The van der Waals surface area contributed by atoms with Gasteiger partial charge in [-0.2, -0.15) is 0 Å². The van der Waals surface area contributed by atoms with Crippen LogP contribution in [0.25, 0.3) is 0 Å². The van der Waals surface area contributed by atoms with Gasteiger partial charge in [-0.1, -0.05) is 0 Å². The van der Waals surface area contributed by atoms with Crippen molar-refractivity contribution in [1.82, 2.24) is 15.1 Å². The molecule has 3 aliphatic heterocycles. The summed E-state index contributed by atoms with van der Waals surface area (Å²) in [5.41, 5.74) is 0. The van der Waals surface area contributed by atoms with E-state index in [-0.39, 0.29) is 12.4 Å². The van der Waals surface area contributed by atoms with Crippen molar-refractivity contribution in [1.29, 1.82) is 0 Å². The minimum atomic E-state index is 0. The SMILES string of the molecule is C[C@H]1CN(C2CCOCC2)CCN1CC1CCNCC1.Cl. The van der Waals surface area contributed by atoms with Crippen LogP contribution >= 0.6 is 12.4 Å². The van der Waals surface area contributed by atoms with E-state index >= 15 is 0 Å². The smallest absolute Gasteiger partial charge is 0.0480 e. The Morgan fingerprint density at radius 3 is 2.43 bits per heavy atom. The zero-order valence-electron chi connectivity index (χ0n) is 13.4. The van der Waals surface area contributed by atoms with E-state index in [1.54, 1.807) is 0 Å². The quantitative estimate of drug-likeness (QED) is 0.855. The van der Waals surface area contributed by atoms with E-state index in [4.69, 9.17) is 4.74 Å². The van der Waals surface area contributed by atoms with Gasteiger partial charge in [-0.25, -0.2) is 0 Å². The average Bonchev–Trinajstić information content (AvgIpc) is 2.51. The van der Waals surface area contributed by atoms with Crippen LogP contribution in [-0.2, 0) is 4.74 Å². The molecule has 0 unspecified atom stereocenters. The van der Waals surface area contributed by atoms with Gasteiger partial charge >= 0.3 is 0 Å². The summed E-state index contributed by atoms with van der Waals surface area (Å²) in [6.45, 7) is 11.9. The first-order valence-electron chi connectivity index (χ1n) is 8.59. The normalized spacial score (nSPS) is 31.0. The Labute approximate surface area is 136 Å². The van der Waals surface area contributed by atoms with Crippen molar-refractivity contribution in [3.05, 3.63) is 0 Å². The van der Waals surface area contributed by atoms with Crippen LogP contribution in [0.4, 0.5) is 0 Å². The lowest BCUT2D eigenvalue weighted by Crippen LogP contribution is -2.56. The zero-order valence-corrected chi connectivity index (χ0v) is 14.2. The minimum Gasteiger partial charge on any atom is -0.381 e. The maximum absolute atomic E-state index is 5.50. The van der Waals surface area contributed by atoms with Crippen molar-refractivity contribution in [3.63, 3.8) is 0 Å². The summed E-state index contributed by atoms with van der Waals surface area (Å²) in [5.74, 6) is 0.924. The maximum atomic E-state index is 5.50. The summed E-state index contributed by atoms with van der Waals surface area (Å²) in [7, 11) is 0. The van der Waals surface area contributed by atoms with Crippen LogP contribution in [0.1, 0.15) is 32.6 Å². The first-order chi connectivity index (χ1) is 9.83. The molecule has 0 aromatic heterocycles. The van der Waals surface area contributed by atoms with Crippen LogP contribution in [0, 0.1) is 5.92 Å². The van der Waals surface area contributed by atoms with Crippen LogP contribution < -0.4 is 5.32 Å². The van der Waals surface area contributed by atoms with Crippen molar-refractivity contribution in [2.24, 2.45) is 5.92 Å². The van der Waals surface area contributed by atoms with E-state index in [2.05, 4.69) is 22.0 Å². The van der Waals surface area contributed by atoms with Crippen LogP contribution in [0.3, 0.4) is 0 Å². The molecule has 1 atom stereocenters. The fourth-order valence-corrected chi connectivity index (χ4v) is 4.07. The van der Waals surface area contributed by atoms with E-state index in [1.165, 1.54) is 65.0 Å². The zero-order chi connectivity index (χ0) is 13.8. The lowest BCUT2D eigenvalue weighted by Gasteiger charge is -2.45. The standard InChI is InChI=1S/C16H31N3O.ClH/c1-14-12-19(16-4-10-20-11-5-16)9-8-18(14)13-15-2-6-17-7-3-15;/h14-17H,2-13H2,1H3;1H/t14-;/m0./s1. The minimum absolute atomic E-state index is 0. The van der Waals surface area contributed by atoms with Gasteiger partial charge in [0.2, 0.25) is 0 Å². The van der Waals surface area contributed by atoms with Gasteiger partial charge < -0.3 is 10.1 Å². The van der Waals surface area contributed by atoms with Crippen LogP contribution in [0.2, 0.25) is 0 Å². The van der Waals surface area contributed by atoms with Crippen LogP contribution in [-0.4, -0.2) is 74.4 Å². The molecule has 0 aromatic rings. The summed E-state index contributed by atoms with van der Waals surface area (Å²) in [4.78, 5) is 5.47. The average molecular weight is 318 g/mol. The van der Waals surface area contributed by atoms with Gasteiger partial charge in [0, 0.05) is 51.5 Å². The second kappa shape index (κ2) is 8.68. The molecule has 0 saturated carbocycles. The Morgan fingerprint density at radius 2 is 1.76 bits per heavy atom. The third-order valence-corrected chi connectivity index (χ3v) is 5.46. The summed E-state index contributed by atoms with van der Waals surface area (Å²) in [6.07, 6.45) is 5.21. The van der Waals surface area contributed by atoms with Gasteiger partial charge in [0.25, 0.3) is 0 Å². The van der Waals surface area contributed by atoms with Crippen molar-refractivity contribution >= 4 is 12.4 Å². The summed E-state index contributed by atoms with van der Waals surface area (Å²) < 4.78 is 5.50. The molecule has 3 heterocycles. The Hall–Kier alpha value is 0.130. The number of hydrogen-bond acceptors (Lipinski definition) is 4. The Bertz CT molecular complexity index is 293. The molecule has 0 amide bonds. The Morgan fingerprint density at radius 1 is 1.05 bits per heavy atom. The number of piperidine rings is 1. The van der Waals surface area contributed by atoms with Gasteiger partial charge in [0.05, 0.1) is 0 Å². The van der Waals surface area contributed by atoms with E-state index in [0.29, 0.717) is 0 Å². The fourth-order valence-electron chi connectivity index (χ4n) is 4.07. The highest BCUT2D eigenvalue weighted by Gasteiger charge is 2.30. The van der Waals surface area contributed by atoms with Gasteiger partial charge in [-0.05, 0) is 51.6 Å². The second-order valence-corrected chi connectivity index (χ2v) is 6.88. The number of rotatable bonds is 3. The third kappa shape index (κ3) is 4.80. The van der Waals surface area contributed by atoms with Gasteiger partial charge in [0.1, 0.15) is 0 Å². The predicted octanol–water partition coefficient (Wildman–Crippen LogP) is 1.59. The summed E-state index contributed by atoms with van der Waals surface area (Å²) in [6, 6.07) is 1.51. The molecule has 3 saturated heterocycles. The summed E-state index contributed by atoms with van der Waals surface area (Å²) >= 11 is 0. The molecule has 0 spiro atoms. The topological polar surface area (TPSA) is 27.7 Å². The molecule has 3 rings (SSSR count). The van der Waals surface area contributed by atoms with Crippen LogP contribution in [0.5, 0.6) is 0 Å². The molecule has 4 nitrogen and oxygen atoms in total. The van der Waals surface area contributed by atoms with Gasteiger partial charge in [0.15, 0.2) is 0 Å². The highest BCUT2D eigenvalue weighted by Crippen LogP contribution is 2.21. The molecular weight excluding hydrogens is 286 g/mol. The number of halogens is 1. The Balaban J connectivity index is 0.00000161. The van der Waals surface area contributed by atoms with E-state index in [0.717, 1.165) is 31.2 Å². The van der Waals surface area contributed by atoms with Crippen molar-refractivity contribution < 1.29 is 4.74 Å². The van der Waals surface area contributed by atoms with Crippen molar-refractivity contribution in [3.8, 4) is 0 Å². The molecule has 21 heavy (non-hydrogen) atoms. The molecule has 124 valence electrons. The molecule has 0 bridgehead atoms. The van der Waals surface area contributed by atoms with Crippen molar-refractivity contribution in [2.75, 3.05) is 52.5 Å². The number of hydrogen-bond donors (Lipinski definition) is 1. The lowest BCUT2D eigenvalue weighted by atomic mass is 9.96. The first kappa shape index (κ1) is 17.5. The van der Waals surface area contributed by atoms with E-state index in [1.807, 2.05) is 0 Å². The molecular formula is C16H32ClN3O. The Kier molecular flexibility index (Phi) is 7.23. The second-order valence-electron chi connectivity index (χ2n) is 6.88. The molecule has 0 radical (unpaired) electrons. The van der Waals surface area contributed by atoms with Gasteiger partial charge in [-0.3, -0.25) is 9.80 Å². The molecule has 3 fully saturated rings. The van der Waals surface area contributed by atoms with E-state index < -0.39 is 0 Å². The van der Waals surface area contributed by atoms with Gasteiger partial charge in [-0.15, -0.1) is 12.4 Å². The third-order valence-electron chi connectivity index (χ3n) is 5.46. The fraction of sp³-hybridized carbons (Fsp3) is 1.00. The summed E-state index contributed by atoms with van der Waals surface area (Å²) in [5, 5.41) is 3.47. The predicted molar refractivity (Wildman–Crippen MR) is 89.3 cm³/mol.